The van der Waals surface area contributed by atoms with Gasteiger partial charge in [-0.2, -0.15) is 0 Å². The molecule has 1 aromatic rings. The van der Waals surface area contributed by atoms with Crippen molar-refractivity contribution in [3.05, 3.63) is 18.2 Å². The Bertz CT molecular complexity index is 378. The van der Waals surface area contributed by atoms with Crippen LogP contribution in [0.4, 0.5) is 0 Å². The van der Waals surface area contributed by atoms with Crippen molar-refractivity contribution in [2.24, 2.45) is 11.3 Å². The van der Waals surface area contributed by atoms with Gasteiger partial charge in [0.05, 0.1) is 18.6 Å². The summed E-state index contributed by atoms with van der Waals surface area (Å²) in [5.41, 5.74) is 0.842. The van der Waals surface area contributed by atoms with E-state index in [2.05, 4.69) is 29.1 Å². The molecule has 0 atom stereocenters. The Labute approximate surface area is 109 Å². The van der Waals surface area contributed by atoms with E-state index in [1.165, 1.54) is 12.8 Å². The molecular formula is C14H23N3O. The number of aromatic amines is 1. The van der Waals surface area contributed by atoms with Crippen LogP contribution >= 0.6 is 0 Å². The van der Waals surface area contributed by atoms with Crippen molar-refractivity contribution in [2.45, 2.75) is 52.5 Å². The Hall–Kier alpha value is -1.32. The third-order valence-electron chi connectivity index (χ3n) is 3.84. The lowest BCUT2D eigenvalue weighted by Crippen LogP contribution is -2.39. The number of nitrogens with one attached hydrogen (secondary N) is 2. The first-order valence-corrected chi connectivity index (χ1v) is 6.88. The van der Waals surface area contributed by atoms with Gasteiger partial charge in [-0.05, 0) is 25.2 Å². The summed E-state index contributed by atoms with van der Waals surface area (Å²) in [6, 6.07) is 0. The highest BCUT2D eigenvalue weighted by molar-refractivity contribution is 5.82. The zero-order chi connectivity index (χ0) is 13.0. The van der Waals surface area contributed by atoms with Crippen LogP contribution < -0.4 is 5.32 Å². The molecule has 2 rings (SSSR count). The fourth-order valence-electron chi connectivity index (χ4n) is 3.10. The fourth-order valence-corrected chi connectivity index (χ4v) is 3.10. The molecule has 0 unspecified atom stereocenters. The maximum Gasteiger partial charge on any atom is 0.226 e. The maximum absolute atomic E-state index is 12.5. The van der Waals surface area contributed by atoms with Gasteiger partial charge in [0.15, 0.2) is 0 Å². The van der Waals surface area contributed by atoms with Crippen LogP contribution in [0.2, 0.25) is 0 Å². The lowest BCUT2D eigenvalue weighted by atomic mass is 9.77. The van der Waals surface area contributed by atoms with Crippen LogP contribution in [0.25, 0.3) is 0 Å². The zero-order valence-electron chi connectivity index (χ0n) is 11.3. The van der Waals surface area contributed by atoms with E-state index in [-0.39, 0.29) is 11.3 Å². The summed E-state index contributed by atoms with van der Waals surface area (Å²) in [4.78, 5) is 19.4. The molecule has 4 nitrogen and oxygen atoms in total. The summed E-state index contributed by atoms with van der Waals surface area (Å²) in [6.07, 6.45) is 8.85. The number of nitrogens with zero attached hydrogens (tertiary/aromatic N) is 1. The van der Waals surface area contributed by atoms with Crippen LogP contribution in [-0.2, 0) is 11.3 Å². The Balaban J connectivity index is 1.95. The van der Waals surface area contributed by atoms with E-state index in [0.29, 0.717) is 12.5 Å². The van der Waals surface area contributed by atoms with E-state index in [1.807, 2.05) is 0 Å². The number of amides is 1. The summed E-state index contributed by atoms with van der Waals surface area (Å²) < 4.78 is 0. The van der Waals surface area contributed by atoms with Gasteiger partial charge < -0.3 is 10.3 Å². The van der Waals surface area contributed by atoms with Crippen molar-refractivity contribution in [1.29, 1.82) is 0 Å². The average molecular weight is 249 g/mol. The summed E-state index contributed by atoms with van der Waals surface area (Å²) in [5, 5.41) is 3.06. The van der Waals surface area contributed by atoms with E-state index >= 15 is 0 Å². The van der Waals surface area contributed by atoms with Gasteiger partial charge in [-0.1, -0.05) is 26.7 Å². The molecule has 1 aromatic heterocycles. The van der Waals surface area contributed by atoms with Gasteiger partial charge in [-0.15, -0.1) is 0 Å². The van der Waals surface area contributed by atoms with Crippen LogP contribution in [0.3, 0.4) is 0 Å². The van der Waals surface area contributed by atoms with Gasteiger partial charge in [-0.3, -0.25) is 4.79 Å². The number of carbonyl (C=O) groups excluding carboxylic acids is 1. The second-order valence-corrected chi connectivity index (χ2v) is 5.84. The molecule has 0 radical (unpaired) electrons. The van der Waals surface area contributed by atoms with Gasteiger partial charge in [0.1, 0.15) is 0 Å². The molecule has 2 N–H and O–H groups in total. The molecule has 1 heterocycles. The molecule has 1 aliphatic carbocycles. The van der Waals surface area contributed by atoms with Crippen molar-refractivity contribution < 1.29 is 4.79 Å². The van der Waals surface area contributed by atoms with Crippen molar-refractivity contribution in [2.75, 3.05) is 0 Å². The molecule has 0 bridgehead atoms. The van der Waals surface area contributed by atoms with Crippen LogP contribution in [0.15, 0.2) is 12.5 Å². The molecule has 1 aliphatic rings. The van der Waals surface area contributed by atoms with Crippen LogP contribution in [0.5, 0.6) is 0 Å². The summed E-state index contributed by atoms with van der Waals surface area (Å²) >= 11 is 0. The first-order chi connectivity index (χ1) is 8.62. The SMILES string of the molecule is CC(C)CC1(C(=O)NCc2cnc[nH]2)CCCC1. The fraction of sp³-hybridized carbons (Fsp3) is 0.714. The second-order valence-electron chi connectivity index (χ2n) is 5.84. The average Bonchev–Trinajstić information content (AvgIpc) is 2.96. The Kier molecular flexibility index (Phi) is 4.04. The van der Waals surface area contributed by atoms with Crippen molar-refractivity contribution in [1.82, 2.24) is 15.3 Å². The van der Waals surface area contributed by atoms with E-state index in [9.17, 15) is 4.79 Å². The molecule has 1 fully saturated rings. The van der Waals surface area contributed by atoms with E-state index in [4.69, 9.17) is 0 Å². The minimum Gasteiger partial charge on any atom is -0.350 e. The summed E-state index contributed by atoms with van der Waals surface area (Å²) in [7, 11) is 0. The van der Waals surface area contributed by atoms with Crippen LogP contribution in [0, 0.1) is 11.3 Å². The Morgan fingerprint density at radius 1 is 1.50 bits per heavy atom. The third kappa shape index (κ3) is 2.92. The highest BCUT2D eigenvalue weighted by Gasteiger charge is 2.41. The third-order valence-corrected chi connectivity index (χ3v) is 3.84. The zero-order valence-corrected chi connectivity index (χ0v) is 11.3. The molecule has 18 heavy (non-hydrogen) atoms. The minimum absolute atomic E-state index is 0.117. The highest BCUT2D eigenvalue weighted by atomic mass is 16.2. The molecule has 0 saturated heterocycles. The standard InChI is InChI=1S/C14H23N3O/c1-11(2)7-14(5-3-4-6-14)13(18)16-9-12-8-15-10-17-12/h8,10-11H,3-7,9H2,1-2H3,(H,15,17)(H,16,18). The normalized spacial score (nSPS) is 18.2. The first kappa shape index (κ1) is 13.1. The largest absolute Gasteiger partial charge is 0.350 e. The summed E-state index contributed by atoms with van der Waals surface area (Å²) in [6.45, 7) is 4.95. The number of hydrogen-bond donors (Lipinski definition) is 2. The molecular weight excluding hydrogens is 226 g/mol. The van der Waals surface area contributed by atoms with Crippen LogP contribution in [0.1, 0.15) is 51.6 Å². The van der Waals surface area contributed by atoms with E-state index < -0.39 is 0 Å². The Morgan fingerprint density at radius 3 is 2.78 bits per heavy atom. The topological polar surface area (TPSA) is 57.8 Å². The predicted octanol–water partition coefficient (Wildman–Crippen LogP) is 2.63. The summed E-state index contributed by atoms with van der Waals surface area (Å²) in [5.74, 6) is 0.796. The highest BCUT2D eigenvalue weighted by Crippen LogP contribution is 2.43. The smallest absolute Gasteiger partial charge is 0.226 e. The monoisotopic (exact) mass is 249 g/mol. The Morgan fingerprint density at radius 2 is 2.22 bits per heavy atom. The number of imidazole rings is 1. The molecule has 100 valence electrons. The first-order valence-electron chi connectivity index (χ1n) is 6.88. The molecule has 0 spiro atoms. The number of carbonyl (C=O) groups is 1. The van der Waals surface area contributed by atoms with Crippen molar-refractivity contribution >= 4 is 5.91 Å². The van der Waals surface area contributed by atoms with Gasteiger partial charge in [0.25, 0.3) is 0 Å². The van der Waals surface area contributed by atoms with E-state index in [0.717, 1.165) is 25.0 Å². The minimum atomic E-state index is -0.117. The molecule has 1 amide bonds. The second kappa shape index (κ2) is 5.55. The van der Waals surface area contributed by atoms with Crippen molar-refractivity contribution in [3.8, 4) is 0 Å². The lowest BCUT2D eigenvalue weighted by molar-refractivity contribution is -0.132. The van der Waals surface area contributed by atoms with Crippen LogP contribution in [-0.4, -0.2) is 15.9 Å². The maximum atomic E-state index is 12.5. The quantitative estimate of drug-likeness (QED) is 0.842. The number of aromatic nitrogens is 2. The van der Waals surface area contributed by atoms with Crippen molar-refractivity contribution in [3.63, 3.8) is 0 Å². The molecule has 0 aliphatic heterocycles. The lowest BCUT2D eigenvalue weighted by Gasteiger charge is -2.29. The molecule has 4 heteroatoms. The van der Waals surface area contributed by atoms with Gasteiger partial charge in [0, 0.05) is 11.6 Å². The number of hydrogen-bond acceptors (Lipinski definition) is 2. The van der Waals surface area contributed by atoms with Gasteiger partial charge in [0.2, 0.25) is 5.91 Å². The van der Waals surface area contributed by atoms with Gasteiger partial charge in [-0.25, -0.2) is 4.98 Å². The number of H-pyrrole nitrogens is 1. The van der Waals surface area contributed by atoms with Gasteiger partial charge >= 0.3 is 0 Å². The predicted molar refractivity (Wildman–Crippen MR) is 70.8 cm³/mol. The molecule has 1 saturated carbocycles. The molecule has 0 aromatic carbocycles. The van der Waals surface area contributed by atoms with E-state index in [1.54, 1.807) is 12.5 Å². The number of rotatable bonds is 5.